The third-order valence-corrected chi connectivity index (χ3v) is 1.86. The van der Waals surface area contributed by atoms with Crippen LogP contribution in [0.3, 0.4) is 0 Å². The number of carbonyl (C=O) groups is 1. The van der Waals surface area contributed by atoms with Crippen LogP contribution in [-0.2, 0) is 4.74 Å². The highest BCUT2D eigenvalue weighted by molar-refractivity contribution is 5.68. The van der Waals surface area contributed by atoms with Crippen LogP contribution in [0.5, 0.6) is 0 Å². The average Bonchev–Trinajstić information content (AvgIpc) is 1.99. The Balaban J connectivity index is 3.95. The van der Waals surface area contributed by atoms with E-state index in [0.29, 0.717) is 0 Å². The van der Waals surface area contributed by atoms with E-state index in [1.54, 1.807) is 0 Å². The maximum absolute atomic E-state index is 11.3. The van der Waals surface area contributed by atoms with Gasteiger partial charge < -0.3 is 15.8 Å². The van der Waals surface area contributed by atoms with Crippen molar-refractivity contribution in [2.75, 3.05) is 0 Å². The molecule has 0 saturated carbocycles. The summed E-state index contributed by atoms with van der Waals surface area (Å²) in [6.45, 7) is 9.35. The van der Waals surface area contributed by atoms with Gasteiger partial charge >= 0.3 is 6.09 Å². The van der Waals surface area contributed by atoms with Gasteiger partial charge in [0.25, 0.3) is 0 Å². The van der Waals surface area contributed by atoms with Crippen molar-refractivity contribution in [2.45, 2.75) is 58.7 Å². The SMILES string of the molecule is CCC(N)[C@@H](C)NC(=O)OC(C)(C)C. The minimum atomic E-state index is -0.458. The van der Waals surface area contributed by atoms with Crippen molar-refractivity contribution in [1.82, 2.24) is 5.32 Å². The molecule has 0 fully saturated rings. The summed E-state index contributed by atoms with van der Waals surface area (Å²) in [7, 11) is 0. The zero-order valence-electron chi connectivity index (χ0n) is 9.76. The van der Waals surface area contributed by atoms with Gasteiger partial charge in [-0.3, -0.25) is 0 Å². The molecule has 4 heteroatoms. The highest BCUT2D eigenvalue weighted by atomic mass is 16.6. The summed E-state index contributed by atoms with van der Waals surface area (Å²) in [4.78, 5) is 11.3. The van der Waals surface area contributed by atoms with E-state index in [0.717, 1.165) is 6.42 Å². The molecule has 0 aromatic heterocycles. The van der Waals surface area contributed by atoms with Crippen LogP contribution in [0.4, 0.5) is 4.79 Å². The highest BCUT2D eigenvalue weighted by Gasteiger charge is 2.19. The second kappa shape index (κ2) is 5.20. The Labute approximate surface area is 86.2 Å². The summed E-state index contributed by atoms with van der Waals surface area (Å²) in [6, 6.07) is -0.0858. The topological polar surface area (TPSA) is 64.3 Å². The molecule has 0 aromatic carbocycles. The van der Waals surface area contributed by atoms with Gasteiger partial charge in [-0.2, -0.15) is 0 Å². The molecule has 2 atom stereocenters. The van der Waals surface area contributed by atoms with Gasteiger partial charge in [0, 0.05) is 12.1 Å². The number of ether oxygens (including phenoxy) is 1. The molecule has 84 valence electrons. The van der Waals surface area contributed by atoms with Crippen LogP contribution in [-0.4, -0.2) is 23.8 Å². The number of nitrogens with two attached hydrogens (primary N) is 1. The minimum absolute atomic E-state index is 0.0254. The van der Waals surface area contributed by atoms with Gasteiger partial charge in [-0.05, 0) is 34.1 Å². The largest absolute Gasteiger partial charge is 0.444 e. The normalized spacial score (nSPS) is 15.9. The maximum atomic E-state index is 11.3. The summed E-state index contributed by atoms with van der Waals surface area (Å²) < 4.78 is 5.10. The summed E-state index contributed by atoms with van der Waals surface area (Å²) in [5, 5.41) is 2.70. The van der Waals surface area contributed by atoms with Crippen LogP contribution in [0.15, 0.2) is 0 Å². The second-order valence-electron chi connectivity index (χ2n) is 4.51. The predicted molar refractivity (Wildman–Crippen MR) is 57.1 cm³/mol. The number of hydrogen-bond acceptors (Lipinski definition) is 3. The van der Waals surface area contributed by atoms with Gasteiger partial charge in [0.05, 0.1) is 0 Å². The maximum Gasteiger partial charge on any atom is 0.407 e. The molecule has 4 nitrogen and oxygen atoms in total. The van der Waals surface area contributed by atoms with E-state index in [1.165, 1.54) is 0 Å². The highest BCUT2D eigenvalue weighted by Crippen LogP contribution is 2.07. The van der Waals surface area contributed by atoms with Crippen LogP contribution in [0, 0.1) is 0 Å². The van der Waals surface area contributed by atoms with Crippen LogP contribution in [0.2, 0.25) is 0 Å². The second-order valence-corrected chi connectivity index (χ2v) is 4.51. The Morgan fingerprint density at radius 1 is 1.50 bits per heavy atom. The first-order chi connectivity index (χ1) is 6.26. The molecule has 3 N–H and O–H groups in total. The van der Waals surface area contributed by atoms with E-state index in [9.17, 15) is 4.79 Å². The fourth-order valence-corrected chi connectivity index (χ4v) is 0.954. The van der Waals surface area contributed by atoms with Gasteiger partial charge in [0.2, 0.25) is 0 Å². The Bertz CT molecular complexity index is 187. The summed E-state index contributed by atoms with van der Waals surface area (Å²) in [6.07, 6.45) is 0.422. The number of rotatable bonds is 3. The first-order valence-electron chi connectivity index (χ1n) is 5.01. The van der Waals surface area contributed by atoms with E-state index < -0.39 is 11.7 Å². The molecule has 0 rings (SSSR count). The molecule has 0 bridgehead atoms. The van der Waals surface area contributed by atoms with Crippen LogP contribution < -0.4 is 11.1 Å². The van der Waals surface area contributed by atoms with Crippen molar-refractivity contribution in [3.05, 3.63) is 0 Å². The third kappa shape index (κ3) is 5.80. The van der Waals surface area contributed by atoms with Gasteiger partial charge in [0.15, 0.2) is 0 Å². The molecular weight excluding hydrogens is 180 g/mol. The van der Waals surface area contributed by atoms with E-state index in [-0.39, 0.29) is 12.1 Å². The summed E-state index contributed by atoms with van der Waals surface area (Å²) in [5.74, 6) is 0. The Morgan fingerprint density at radius 2 is 2.00 bits per heavy atom. The quantitative estimate of drug-likeness (QED) is 0.731. The molecule has 0 saturated heterocycles. The Kier molecular flexibility index (Phi) is 4.91. The fourth-order valence-electron chi connectivity index (χ4n) is 0.954. The lowest BCUT2D eigenvalue weighted by Gasteiger charge is -2.24. The molecular formula is C10H22N2O2. The van der Waals surface area contributed by atoms with E-state index >= 15 is 0 Å². The van der Waals surface area contributed by atoms with Crippen molar-refractivity contribution in [3.63, 3.8) is 0 Å². The molecule has 0 aliphatic carbocycles. The van der Waals surface area contributed by atoms with E-state index in [4.69, 9.17) is 10.5 Å². The summed E-state index contributed by atoms with van der Waals surface area (Å²) in [5.41, 5.74) is 5.30. The number of hydrogen-bond donors (Lipinski definition) is 2. The third-order valence-electron chi connectivity index (χ3n) is 1.86. The van der Waals surface area contributed by atoms with Crippen molar-refractivity contribution < 1.29 is 9.53 Å². The lowest BCUT2D eigenvalue weighted by atomic mass is 10.1. The Morgan fingerprint density at radius 3 is 2.36 bits per heavy atom. The molecule has 14 heavy (non-hydrogen) atoms. The van der Waals surface area contributed by atoms with Crippen LogP contribution in [0.25, 0.3) is 0 Å². The molecule has 0 aliphatic heterocycles. The monoisotopic (exact) mass is 202 g/mol. The van der Waals surface area contributed by atoms with Gasteiger partial charge in [-0.1, -0.05) is 6.92 Å². The first-order valence-corrected chi connectivity index (χ1v) is 5.01. The lowest BCUT2D eigenvalue weighted by Crippen LogP contribution is -2.46. The van der Waals surface area contributed by atoms with Gasteiger partial charge in [0.1, 0.15) is 5.60 Å². The number of alkyl carbamates (subject to hydrolysis) is 1. The zero-order chi connectivity index (χ0) is 11.4. The van der Waals surface area contributed by atoms with Gasteiger partial charge in [-0.15, -0.1) is 0 Å². The molecule has 0 heterocycles. The standard InChI is InChI=1S/C10H22N2O2/c1-6-8(11)7(2)12-9(13)14-10(3,4)5/h7-8H,6,11H2,1-5H3,(H,12,13)/t7-,8?/m1/s1. The van der Waals surface area contributed by atoms with Crippen molar-refractivity contribution in [2.24, 2.45) is 5.73 Å². The van der Waals surface area contributed by atoms with Crippen molar-refractivity contribution >= 4 is 6.09 Å². The van der Waals surface area contributed by atoms with Crippen molar-refractivity contribution in [1.29, 1.82) is 0 Å². The smallest absolute Gasteiger partial charge is 0.407 e. The Hall–Kier alpha value is -0.770. The number of nitrogens with one attached hydrogen (secondary N) is 1. The fraction of sp³-hybridized carbons (Fsp3) is 0.900. The number of carbonyl (C=O) groups excluding carboxylic acids is 1. The minimum Gasteiger partial charge on any atom is -0.444 e. The lowest BCUT2D eigenvalue weighted by molar-refractivity contribution is 0.0501. The first kappa shape index (κ1) is 13.2. The number of amides is 1. The van der Waals surface area contributed by atoms with Crippen molar-refractivity contribution in [3.8, 4) is 0 Å². The molecule has 0 aliphatic rings. The molecule has 0 spiro atoms. The summed E-state index contributed by atoms with van der Waals surface area (Å²) >= 11 is 0. The average molecular weight is 202 g/mol. The molecule has 1 unspecified atom stereocenters. The molecule has 1 amide bonds. The molecule has 0 aromatic rings. The van der Waals surface area contributed by atoms with Crippen LogP contribution >= 0.6 is 0 Å². The van der Waals surface area contributed by atoms with Gasteiger partial charge in [-0.25, -0.2) is 4.79 Å². The van der Waals surface area contributed by atoms with E-state index in [1.807, 2.05) is 34.6 Å². The molecule has 0 radical (unpaired) electrons. The predicted octanol–water partition coefficient (Wildman–Crippen LogP) is 1.64. The zero-order valence-corrected chi connectivity index (χ0v) is 9.76. The van der Waals surface area contributed by atoms with E-state index in [2.05, 4.69) is 5.32 Å². The van der Waals surface area contributed by atoms with Crippen LogP contribution in [0.1, 0.15) is 41.0 Å².